The van der Waals surface area contributed by atoms with Crippen molar-refractivity contribution >= 4 is 17.7 Å². The summed E-state index contributed by atoms with van der Waals surface area (Å²) in [5.41, 5.74) is 2.85. The van der Waals surface area contributed by atoms with Crippen LogP contribution in [0.15, 0.2) is 46.8 Å². The molecule has 0 aromatic heterocycles. The summed E-state index contributed by atoms with van der Waals surface area (Å²) in [4.78, 5) is 38.8. The largest absolute Gasteiger partial charge is 0.497 e. The van der Waals surface area contributed by atoms with Gasteiger partial charge in [-0.3, -0.25) is 9.59 Å². The van der Waals surface area contributed by atoms with Crippen LogP contribution in [0.5, 0.6) is 5.75 Å². The van der Waals surface area contributed by atoms with Crippen molar-refractivity contribution in [3.8, 4) is 5.75 Å². The average molecular weight is 413 g/mol. The van der Waals surface area contributed by atoms with E-state index in [1.54, 1.807) is 33.1 Å². The van der Waals surface area contributed by atoms with Gasteiger partial charge in [0.15, 0.2) is 5.78 Å². The van der Waals surface area contributed by atoms with Crippen molar-refractivity contribution in [3.05, 3.63) is 52.4 Å². The third-order valence-electron chi connectivity index (χ3n) is 5.67. The fraction of sp³-hybridized carbons (Fsp3) is 0.435. The van der Waals surface area contributed by atoms with Gasteiger partial charge in [0.2, 0.25) is 0 Å². The number of rotatable bonds is 5. The molecule has 0 radical (unpaired) electrons. The molecular formula is C23H27NO6. The van der Waals surface area contributed by atoms with Crippen molar-refractivity contribution in [1.29, 1.82) is 0 Å². The number of nitrogens with one attached hydrogen (secondary N) is 1. The van der Waals surface area contributed by atoms with E-state index in [9.17, 15) is 14.4 Å². The topological polar surface area (TPSA) is 90.9 Å². The summed E-state index contributed by atoms with van der Waals surface area (Å²) in [5, 5.41) is 3.23. The molecule has 0 amide bonds. The lowest BCUT2D eigenvalue weighted by atomic mass is 9.69. The van der Waals surface area contributed by atoms with Crippen molar-refractivity contribution in [2.24, 2.45) is 11.8 Å². The van der Waals surface area contributed by atoms with Gasteiger partial charge in [0.05, 0.1) is 26.4 Å². The number of allylic oxidation sites excluding steroid dienone is 3. The Morgan fingerprint density at radius 3 is 2.60 bits per heavy atom. The number of ketones is 1. The molecule has 160 valence electrons. The number of hydrogen-bond donors (Lipinski definition) is 1. The quantitative estimate of drug-likeness (QED) is 0.586. The zero-order valence-corrected chi connectivity index (χ0v) is 17.9. The highest BCUT2D eigenvalue weighted by Gasteiger charge is 2.47. The van der Waals surface area contributed by atoms with E-state index in [1.165, 1.54) is 7.11 Å². The number of Topliss-reactive ketones (excluding diaryl/α,β-unsaturated/α-hetero) is 1. The third-order valence-corrected chi connectivity index (χ3v) is 5.67. The molecule has 7 heteroatoms. The fourth-order valence-electron chi connectivity index (χ4n) is 4.31. The number of esters is 2. The van der Waals surface area contributed by atoms with Gasteiger partial charge >= 0.3 is 11.9 Å². The molecule has 1 heterocycles. The van der Waals surface area contributed by atoms with Crippen LogP contribution in [0.3, 0.4) is 0 Å². The average Bonchev–Trinajstić information content (AvgIpc) is 2.72. The smallest absolute Gasteiger partial charge is 0.336 e. The second kappa shape index (κ2) is 8.73. The van der Waals surface area contributed by atoms with Gasteiger partial charge in [0, 0.05) is 22.9 Å². The Labute approximate surface area is 176 Å². The molecule has 1 aliphatic carbocycles. The van der Waals surface area contributed by atoms with Crippen LogP contribution in [0.4, 0.5) is 0 Å². The highest BCUT2D eigenvalue weighted by molar-refractivity contribution is 6.12. The lowest BCUT2D eigenvalue weighted by Gasteiger charge is -2.38. The number of dihydropyridines is 1. The molecule has 1 aromatic rings. The van der Waals surface area contributed by atoms with Crippen LogP contribution < -0.4 is 10.1 Å². The van der Waals surface area contributed by atoms with Gasteiger partial charge in [-0.1, -0.05) is 19.1 Å². The summed E-state index contributed by atoms with van der Waals surface area (Å²) in [6.45, 7) is 5.59. The van der Waals surface area contributed by atoms with Crippen LogP contribution in [0.2, 0.25) is 0 Å². The van der Waals surface area contributed by atoms with Gasteiger partial charge in [0.25, 0.3) is 0 Å². The summed E-state index contributed by atoms with van der Waals surface area (Å²) < 4.78 is 15.5. The van der Waals surface area contributed by atoms with E-state index in [1.807, 2.05) is 19.1 Å². The SMILES string of the molecule is CCOC(=O)C1=C(C)NC2=C(C(=O)[C@@H](C(=O)OC)[C@@H](C)C2)[C@@H]1c1cccc(OC)c1. The van der Waals surface area contributed by atoms with E-state index in [4.69, 9.17) is 14.2 Å². The zero-order valence-electron chi connectivity index (χ0n) is 17.9. The van der Waals surface area contributed by atoms with E-state index in [0.29, 0.717) is 29.0 Å². The van der Waals surface area contributed by atoms with E-state index >= 15 is 0 Å². The summed E-state index contributed by atoms with van der Waals surface area (Å²) in [6, 6.07) is 7.24. The van der Waals surface area contributed by atoms with Crippen LogP contribution in [0, 0.1) is 11.8 Å². The molecule has 1 aromatic carbocycles. The first kappa shape index (κ1) is 21.6. The predicted molar refractivity (Wildman–Crippen MR) is 110 cm³/mol. The molecule has 0 spiro atoms. The van der Waals surface area contributed by atoms with E-state index in [-0.39, 0.29) is 18.3 Å². The number of ether oxygens (including phenoxy) is 3. The lowest BCUT2D eigenvalue weighted by Crippen LogP contribution is -2.43. The minimum absolute atomic E-state index is 0.210. The molecule has 0 saturated carbocycles. The van der Waals surface area contributed by atoms with Gasteiger partial charge in [-0.05, 0) is 43.9 Å². The molecular weight excluding hydrogens is 386 g/mol. The monoisotopic (exact) mass is 413 g/mol. The van der Waals surface area contributed by atoms with Crippen molar-refractivity contribution in [2.45, 2.75) is 33.1 Å². The van der Waals surface area contributed by atoms with E-state index in [2.05, 4.69) is 5.32 Å². The fourth-order valence-corrected chi connectivity index (χ4v) is 4.31. The molecule has 0 saturated heterocycles. The molecule has 0 unspecified atom stereocenters. The summed E-state index contributed by atoms with van der Waals surface area (Å²) in [7, 11) is 2.83. The number of benzene rings is 1. The highest BCUT2D eigenvalue weighted by atomic mass is 16.5. The van der Waals surface area contributed by atoms with E-state index in [0.717, 1.165) is 11.3 Å². The third kappa shape index (κ3) is 3.72. The minimum atomic E-state index is -0.912. The number of methoxy groups -OCH3 is 2. The second-order valence-electron chi connectivity index (χ2n) is 7.53. The molecule has 3 atom stereocenters. The van der Waals surface area contributed by atoms with Gasteiger partial charge in [-0.2, -0.15) is 0 Å². The van der Waals surface area contributed by atoms with Crippen molar-refractivity contribution < 1.29 is 28.6 Å². The Morgan fingerprint density at radius 2 is 1.97 bits per heavy atom. The maximum absolute atomic E-state index is 13.5. The Morgan fingerprint density at radius 1 is 1.23 bits per heavy atom. The highest BCUT2D eigenvalue weighted by Crippen LogP contribution is 2.45. The molecule has 1 aliphatic heterocycles. The van der Waals surface area contributed by atoms with Gasteiger partial charge in [0.1, 0.15) is 11.7 Å². The number of carbonyl (C=O) groups is 3. The molecule has 2 aliphatic rings. The first-order valence-electron chi connectivity index (χ1n) is 9.97. The summed E-state index contributed by atoms with van der Waals surface area (Å²) in [5.74, 6) is -2.58. The maximum atomic E-state index is 13.5. The maximum Gasteiger partial charge on any atom is 0.336 e. The first-order chi connectivity index (χ1) is 14.3. The van der Waals surface area contributed by atoms with Crippen molar-refractivity contribution in [2.75, 3.05) is 20.8 Å². The minimum Gasteiger partial charge on any atom is -0.497 e. The second-order valence-corrected chi connectivity index (χ2v) is 7.53. The van der Waals surface area contributed by atoms with Gasteiger partial charge in [-0.25, -0.2) is 4.79 Å². The van der Waals surface area contributed by atoms with Crippen molar-refractivity contribution in [3.63, 3.8) is 0 Å². The van der Waals surface area contributed by atoms with Crippen molar-refractivity contribution in [1.82, 2.24) is 5.32 Å². The molecule has 0 bridgehead atoms. The van der Waals surface area contributed by atoms with Crippen LogP contribution in [-0.4, -0.2) is 38.5 Å². The van der Waals surface area contributed by atoms with Crippen LogP contribution in [0.1, 0.15) is 38.7 Å². The molecule has 0 fully saturated rings. The normalized spacial score (nSPS) is 23.5. The van der Waals surface area contributed by atoms with Gasteiger partial charge < -0.3 is 19.5 Å². The molecule has 1 N–H and O–H groups in total. The number of hydrogen-bond acceptors (Lipinski definition) is 7. The Balaban J connectivity index is 2.20. The van der Waals surface area contributed by atoms with Crippen LogP contribution in [0.25, 0.3) is 0 Å². The Hall–Kier alpha value is -3.09. The van der Waals surface area contributed by atoms with Gasteiger partial charge in [-0.15, -0.1) is 0 Å². The van der Waals surface area contributed by atoms with E-state index < -0.39 is 23.8 Å². The predicted octanol–water partition coefficient (Wildman–Crippen LogP) is 2.87. The standard InChI is InChI=1S/C23H27NO6/c1-6-30-23(27)18-13(3)24-16-10-12(2)17(22(26)29-5)21(25)20(16)19(18)14-8-7-9-15(11-14)28-4/h7-9,11-12,17,19,24H,6,10H2,1-5H3/t12-,17-,19+/m0/s1. The first-order valence-corrected chi connectivity index (χ1v) is 9.97. The van der Waals surface area contributed by atoms with Crippen LogP contribution >= 0.6 is 0 Å². The lowest BCUT2D eigenvalue weighted by molar-refractivity contribution is -0.151. The molecule has 7 nitrogen and oxygen atoms in total. The number of carbonyl (C=O) groups excluding carboxylic acids is 3. The Kier molecular flexibility index (Phi) is 6.29. The zero-order chi connectivity index (χ0) is 22.0. The molecule has 30 heavy (non-hydrogen) atoms. The summed E-state index contributed by atoms with van der Waals surface area (Å²) in [6.07, 6.45) is 0.495. The summed E-state index contributed by atoms with van der Waals surface area (Å²) >= 11 is 0. The molecule has 3 rings (SSSR count). The Bertz CT molecular complexity index is 945. The van der Waals surface area contributed by atoms with Crippen LogP contribution in [-0.2, 0) is 23.9 Å².